The molecule has 1 amide bonds. The van der Waals surface area contributed by atoms with Crippen LogP contribution in [0.15, 0.2) is 22.7 Å². The topological polar surface area (TPSA) is 49.8 Å². The van der Waals surface area contributed by atoms with Gasteiger partial charge in [0, 0.05) is 23.1 Å². The number of carbonyl (C=O) groups is 1. The summed E-state index contributed by atoms with van der Waals surface area (Å²) in [6, 6.07) is 5.71. The zero-order valence-electron chi connectivity index (χ0n) is 12.0. The van der Waals surface area contributed by atoms with E-state index < -0.39 is 5.60 Å². The Morgan fingerprint density at radius 2 is 2.25 bits per heavy atom. The van der Waals surface area contributed by atoms with Crippen LogP contribution in [0, 0.1) is 0 Å². The van der Waals surface area contributed by atoms with Crippen LogP contribution in [0.2, 0.25) is 0 Å². The molecule has 1 aliphatic heterocycles. The van der Waals surface area contributed by atoms with Gasteiger partial charge in [-0.3, -0.25) is 4.79 Å². The summed E-state index contributed by atoms with van der Waals surface area (Å²) < 4.78 is 6.52. The molecule has 0 saturated carbocycles. The van der Waals surface area contributed by atoms with Crippen molar-refractivity contribution in [3.63, 3.8) is 0 Å². The summed E-state index contributed by atoms with van der Waals surface area (Å²) in [6.45, 7) is 6.59. The van der Waals surface area contributed by atoms with Crippen molar-refractivity contribution in [2.24, 2.45) is 0 Å². The van der Waals surface area contributed by atoms with E-state index in [1.807, 2.05) is 25.1 Å². The van der Waals surface area contributed by atoms with E-state index in [9.17, 15) is 9.90 Å². The van der Waals surface area contributed by atoms with Gasteiger partial charge in [-0.2, -0.15) is 0 Å². The first-order valence-corrected chi connectivity index (χ1v) is 7.54. The molecular weight excluding hydrogens is 322 g/mol. The first kappa shape index (κ1) is 15.3. The first-order valence-electron chi connectivity index (χ1n) is 6.75. The molecule has 1 heterocycles. The summed E-state index contributed by atoms with van der Waals surface area (Å²) in [5.41, 5.74) is 0.0178. The van der Waals surface area contributed by atoms with Crippen molar-refractivity contribution in [2.75, 3.05) is 19.7 Å². The van der Waals surface area contributed by atoms with E-state index in [0.29, 0.717) is 19.7 Å². The average molecular weight is 342 g/mol. The number of hydrogen-bond donors (Lipinski definition) is 1. The number of hydrogen-bond acceptors (Lipinski definition) is 3. The molecule has 0 radical (unpaired) electrons. The minimum atomic E-state index is -0.898. The maximum Gasteiger partial charge on any atom is 0.233 e. The SMILES string of the molecule is CCN(CC(C)(C)O)C(=O)C1COc2ccc(Br)cc21. The summed E-state index contributed by atoms with van der Waals surface area (Å²) in [4.78, 5) is 14.3. The number of carbonyl (C=O) groups excluding carboxylic acids is 1. The van der Waals surface area contributed by atoms with Gasteiger partial charge in [0.05, 0.1) is 5.60 Å². The van der Waals surface area contributed by atoms with Gasteiger partial charge in [-0.05, 0) is 39.0 Å². The Morgan fingerprint density at radius 3 is 2.85 bits per heavy atom. The third-order valence-electron chi connectivity index (χ3n) is 3.32. The maximum atomic E-state index is 12.6. The molecule has 0 spiro atoms. The van der Waals surface area contributed by atoms with E-state index in [0.717, 1.165) is 15.8 Å². The molecule has 1 aromatic carbocycles. The minimum absolute atomic E-state index is 0.00600. The number of rotatable bonds is 4. The Bertz CT molecular complexity index is 510. The van der Waals surface area contributed by atoms with Gasteiger partial charge >= 0.3 is 0 Å². The molecule has 2 rings (SSSR count). The van der Waals surface area contributed by atoms with Gasteiger partial charge in [0.25, 0.3) is 0 Å². The lowest BCUT2D eigenvalue weighted by atomic mass is 9.99. The lowest BCUT2D eigenvalue weighted by Crippen LogP contribution is -2.44. The third-order valence-corrected chi connectivity index (χ3v) is 3.82. The van der Waals surface area contributed by atoms with Crippen LogP contribution in [0.1, 0.15) is 32.3 Å². The van der Waals surface area contributed by atoms with Gasteiger partial charge in [0.1, 0.15) is 18.3 Å². The quantitative estimate of drug-likeness (QED) is 0.915. The van der Waals surface area contributed by atoms with Gasteiger partial charge in [-0.1, -0.05) is 15.9 Å². The molecule has 0 fully saturated rings. The Morgan fingerprint density at radius 1 is 1.55 bits per heavy atom. The van der Waals surface area contributed by atoms with Gasteiger partial charge < -0.3 is 14.7 Å². The van der Waals surface area contributed by atoms with Crippen molar-refractivity contribution < 1.29 is 14.6 Å². The van der Waals surface area contributed by atoms with Crippen LogP contribution >= 0.6 is 15.9 Å². The summed E-state index contributed by atoms with van der Waals surface area (Å²) in [6.07, 6.45) is 0. The zero-order valence-corrected chi connectivity index (χ0v) is 13.6. The van der Waals surface area contributed by atoms with Crippen molar-refractivity contribution in [3.05, 3.63) is 28.2 Å². The average Bonchev–Trinajstić information content (AvgIpc) is 2.76. The van der Waals surface area contributed by atoms with E-state index in [-0.39, 0.29) is 11.8 Å². The van der Waals surface area contributed by atoms with Gasteiger partial charge in [0.15, 0.2) is 0 Å². The molecule has 110 valence electrons. The molecule has 20 heavy (non-hydrogen) atoms. The van der Waals surface area contributed by atoms with Crippen LogP contribution in [0.25, 0.3) is 0 Å². The largest absolute Gasteiger partial charge is 0.492 e. The molecule has 1 N–H and O–H groups in total. The Labute approximate surface area is 127 Å². The molecule has 1 aromatic rings. The fourth-order valence-corrected chi connectivity index (χ4v) is 2.80. The van der Waals surface area contributed by atoms with Crippen LogP contribution in [-0.2, 0) is 4.79 Å². The molecule has 5 heteroatoms. The van der Waals surface area contributed by atoms with Crippen molar-refractivity contribution in [2.45, 2.75) is 32.3 Å². The van der Waals surface area contributed by atoms with E-state index >= 15 is 0 Å². The smallest absolute Gasteiger partial charge is 0.233 e. The minimum Gasteiger partial charge on any atom is -0.492 e. The number of likely N-dealkylation sites (N-methyl/N-ethyl adjacent to an activating group) is 1. The lowest BCUT2D eigenvalue weighted by Gasteiger charge is -2.29. The summed E-state index contributed by atoms with van der Waals surface area (Å²) in [7, 11) is 0. The van der Waals surface area contributed by atoms with Crippen molar-refractivity contribution >= 4 is 21.8 Å². The summed E-state index contributed by atoms with van der Waals surface area (Å²) in [5.74, 6) is 0.488. The first-order chi connectivity index (χ1) is 9.31. The van der Waals surface area contributed by atoms with E-state index in [2.05, 4.69) is 15.9 Å². The van der Waals surface area contributed by atoms with Gasteiger partial charge in [-0.15, -0.1) is 0 Å². The third kappa shape index (κ3) is 3.33. The highest BCUT2D eigenvalue weighted by Crippen LogP contribution is 2.36. The molecule has 1 atom stereocenters. The van der Waals surface area contributed by atoms with Crippen LogP contribution in [-0.4, -0.2) is 41.2 Å². The molecular formula is C15H20BrNO3. The van der Waals surface area contributed by atoms with Crippen molar-refractivity contribution in [3.8, 4) is 5.75 Å². The monoisotopic (exact) mass is 341 g/mol. The highest BCUT2D eigenvalue weighted by molar-refractivity contribution is 9.10. The summed E-state index contributed by atoms with van der Waals surface area (Å²) in [5, 5.41) is 9.92. The van der Waals surface area contributed by atoms with E-state index in [4.69, 9.17) is 4.74 Å². The van der Waals surface area contributed by atoms with Crippen molar-refractivity contribution in [1.82, 2.24) is 4.90 Å². The maximum absolute atomic E-state index is 12.6. The highest BCUT2D eigenvalue weighted by Gasteiger charge is 2.34. The standard InChI is InChI=1S/C15H20BrNO3/c1-4-17(9-15(2,3)19)14(18)12-8-20-13-6-5-10(16)7-11(12)13/h5-7,12,19H,4,8-9H2,1-3H3. The van der Waals surface area contributed by atoms with Crippen LogP contribution in [0.5, 0.6) is 5.75 Å². The van der Waals surface area contributed by atoms with Crippen LogP contribution < -0.4 is 4.74 Å². The van der Waals surface area contributed by atoms with E-state index in [1.54, 1.807) is 18.7 Å². The van der Waals surface area contributed by atoms with E-state index in [1.165, 1.54) is 0 Å². The lowest BCUT2D eigenvalue weighted by molar-refractivity contribution is -0.135. The van der Waals surface area contributed by atoms with Gasteiger partial charge in [0.2, 0.25) is 5.91 Å². The van der Waals surface area contributed by atoms with Crippen LogP contribution in [0.4, 0.5) is 0 Å². The Hall–Kier alpha value is -1.07. The van der Waals surface area contributed by atoms with Crippen LogP contribution in [0.3, 0.4) is 0 Å². The predicted octanol–water partition coefficient (Wildman–Crippen LogP) is 2.54. The fraction of sp³-hybridized carbons (Fsp3) is 0.533. The number of halogens is 1. The highest BCUT2D eigenvalue weighted by atomic mass is 79.9. The second kappa shape index (κ2) is 5.74. The molecule has 1 unspecified atom stereocenters. The number of aliphatic hydroxyl groups is 1. The number of nitrogens with zero attached hydrogens (tertiary/aromatic N) is 1. The molecule has 0 aromatic heterocycles. The fourth-order valence-electron chi connectivity index (χ4n) is 2.42. The van der Waals surface area contributed by atoms with Crippen molar-refractivity contribution in [1.29, 1.82) is 0 Å². The second-order valence-corrected chi connectivity index (χ2v) is 6.63. The predicted molar refractivity (Wildman–Crippen MR) is 80.9 cm³/mol. The second-order valence-electron chi connectivity index (χ2n) is 5.71. The molecule has 4 nitrogen and oxygen atoms in total. The molecule has 0 bridgehead atoms. The normalized spacial score (nSPS) is 17.6. The van der Waals surface area contributed by atoms with Gasteiger partial charge in [-0.25, -0.2) is 0 Å². The Kier molecular flexibility index (Phi) is 4.39. The zero-order chi connectivity index (χ0) is 14.9. The Balaban J connectivity index is 2.21. The molecule has 0 aliphatic carbocycles. The number of benzene rings is 1. The molecule has 1 aliphatic rings. The summed E-state index contributed by atoms with van der Waals surface area (Å²) >= 11 is 3.42. The number of ether oxygens (including phenoxy) is 1. The number of fused-ring (bicyclic) bond motifs is 1. The molecule has 0 saturated heterocycles. The number of amides is 1.